The van der Waals surface area contributed by atoms with E-state index >= 15 is 0 Å². The van der Waals surface area contributed by atoms with Crippen LogP contribution in [0, 0.1) is 13.8 Å². The summed E-state index contributed by atoms with van der Waals surface area (Å²) in [4.78, 5) is 14.3. The fourth-order valence-corrected chi connectivity index (χ4v) is 2.21. The van der Waals surface area contributed by atoms with Crippen LogP contribution < -0.4 is 5.73 Å². The van der Waals surface area contributed by atoms with E-state index in [0.29, 0.717) is 19.4 Å². The number of benzene rings is 1. The van der Waals surface area contributed by atoms with Gasteiger partial charge in [0.2, 0.25) is 5.91 Å². The molecule has 5 heteroatoms. The van der Waals surface area contributed by atoms with Crippen molar-refractivity contribution < 1.29 is 10.0 Å². The monoisotopic (exact) mass is 291 g/mol. The van der Waals surface area contributed by atoms with Crippen molar-refractivity contribution in [3.05, 3.63) is 34.9 Å². The van der Waals surface area contributed by atoms with Crippen LogP contribution >= 0.6 is 0 Å². The van der Waals surface area contributed by atoms with E-state index < -0.39 is 0 Å². The number of nitrogens with zero attached hydrogens (tertiary/aromatic N) is 2. The van der Waals surface area contributed by atoms with Gasteiger partial charge in [-0.05, 0) is 38.8 Å². The smallest absolute Gasteiger partial charge is 0.227 e. The molecule has 0 bridgehead atoms. The summed E-state index contributed by atoms with van der Waals surface area (Å²) in [7, 11) is 0. The third-order valence-corrected chi connectivity index (χ3v) is 3.53. The van der Waals surface area contributed by atoms with Crippen LogP contribution in [0.15, 0.2) is 23.4 Å². The first kappa shape index (κ1) is 17.0. The second-order valence-electron chi connectivity index (χ2n) is 5.63. The molecular formula is C16H25N3O2. The molecule has 3 N–H and O–H groups in total. The molecule has 21 heavy (non-hydrogen) atoms. The van der Waals surface area contributed by atoms with Crippen LogP contribution in [0.5, 0.6) is 0 Å². The Kier molecular flexibility index (Phi) is 6.21. The van der Waals surface area contributed by atoms with Crippen molar-refractivity contribution in [2.45, 2.75) is 46.6 Å². The summed E-state index contributed by atoms with van der Waals surface area (Å²) < 4.78 is 0. The number of carbonyl (C=O) groups excluding carboxylic acids is 1. The van der Waals surface area contributed by atoms with Crippen LogP contribution in [0.3, 0.4) is 0 Å². The zero-order valence-corrected chi connectivity index (χ0v) is 13.3. The molecule has 1 amide bonds. The van der Waals surface area contributed by atoms with Gasteiger partial charge >= 0.3 is 0 Å². The molecule has 0 unspecified atom stereocenters. The number of hydrogen-bond donors (Lipinski definition) is 2. The van der Waals surface area contributed by atoms with Gasteiger partial charge in [0.1, 0.15) is 5.84 Å². The number of amides is 1. The Morgan fingerprint density at radius 2 is 2.05 bits per heavy atom. The van der Waals surface area contributed by atoms with Crippen molar-refractivity contribution in [1.82, 2.24) is 4.90 Å². The number of aryl methyl sites for hydroxylation is 2. The Morgan fingerprint density at radius 3 is 2.62 bits per heavy atom. The number of amidine groups is 1. The summed E-state index contributed by atoms with van der Waals surface area (Å²) in [5, 5.41) is 11.5. The highest BCUT2D eigenvalue weighted by Gasteiger charge is 2.18. The molecule has 0 heterocycles. The lowest BCUT2D eigenvalue weighted by Gasteiger charge is -2.27. The molecule has 1 aromatic carbocycles. The van der Waals surface area contributed by atoms with E-state index in [4.69, 9.17) is 10.9 Å². The highest BCUT2D eigenvalue weighted by molar-refractivity contribution is 5.82. The van der Waals surface area contributed by atoms with Crippen molar-refractivity contribution in [2.75, 3.05) is 6.54 Å². The second kappa shape index (κ2) is 7.67. The number of oxime groups is 1. The molecule has 1 rings (SSSR count). The standard InChI is InChI=1S/C16H25N3O2/c1-11(2)19(8-7-15(17)18-21)16(20)10-14-9-12(3)5-6-13(14)4/h5-6,9,11,21H,7-8,10H2,1-4H3,(H2,17,18). The molecule has 0 saturated heterocycles. The predicted molar refractivity (Wildman–Crippen MR) is 84.5 cm³/mol. The van der Waals surface area contributed by atoms with Gasteiger partial charge in [-0.2, -0.15) is 0 Å². The minimum absolute atomic E-state index is 0.0597. The molecule has 0 aromatic heterocycles. The van der Waals surface area contributed by atoms with Gasteiger partial charge < -0.3 is 15.8 Å². The van der Waals surface area contributed by atoms with Gasteiger partial charge in [0, 0.05) is 19.0 Å². The van der Waals surface area contributed by atoms with E-state index in [9.17, 15) is 4.79 Å². The number of nitrogens with two attached hydrogens (primary N) is 1. The minimum atomic E-state index is 0.0597. The van der Waals surface area contributed by atoms with Gasteiger partial charge in [-0.25, -0.2) is 0 Å². The first-order valence-electron chi connectivity index (χ1n) is 7.17. The third-order valence-electron chi connectivity index (χ3n) is 3.53. The lowest BCUT2D eigenvalue weighted by Crippen LogP contribution is -2.40. The third kappa shape index (κ3) is 5.10. The van der Waals surface area contributed by atoms with E-state index in [-0.39, 0.29) is 17.8 Å². The summed E-state index contributed by atoms with van der Waals surface area (Å²) >= 11 is 0. The Morgan fingerprint density at radius 1 is 1.38 bits per heavy atom. The first-order valence-corrected chi connectivity index (χ1v) is 7.17. The maximum absolute atomic E-state index is 12.5. The average molecular weight is 291 g/mol. The van der Waals surface area contributed by atoms with Crippen LogP contribution in [-0.4, -0.2) is 34.4 Å². The van der Waals surface area contributed by atoms with Crippen LogP contribution in [0.25, 0.3) is 0 Å². The molecule has 1 aromatic rings. The molecule has 0 aliphatic heterocycles. The molecule has 0 aliphatic rings. The molecular weight excluding hydrogens is 266 g/mol. The quantitative estimate of drug-likeness (QED) is 0.365. The zero-order valence-electron chi connectivity index (χ0n) is 13.3. The maximum atomic E-state index is 12.5. The fraction of sp³-hybridized carbons (Fsp3) is 0.500. The highest BCUT2D eigenvalue weighted by Crippen LogP contribution is 2.13. The largest absolute Gasteiger partial charge is 0.409 e. The summed E-state index contributed by atoms with van der Waals surface area (Å²) in [6.45, 7) is 8.42. The normalized spacial score (nSPS) is 11.8. The predicted octanol–water partition coefficient (Wildman–Crippen LogP) is 2.22. The van der Waals surface area contributed by atoms with E-state index in [1.807, 2.05) is 39.8 Å². The maximum Gasteiger partial charge on any atom is 0.227 e. The van der Waals surface area contributed by atoms with Crippen molar-refractivity contribution >= 4 is 11.7 Å². The summed E-state index contributed by atoms with van der Waals surface area (Å²) in [5.74, 6) is 0.199. The van der Waals surface area contributed by atoms with Gasteiger partial charge in [0.15, 0.2) is 0 Å². The molecule has 5 nitrogen and oxygen atoms in total. The molecule has 0 radical (unpaired) electrons. The molecule has 0 atom stereocenters. The highest BCUT2D eigenvalue weighted by atomic mass is 16.4. The molecule has 0 aliphatic carbocycles. The van der Waals surface area contributed by atoms with E-state index in [2.05, 4.69) is 11.2 Å². The molecule has 0 saturated carbocycles. The fourth-order valence-electron chi connectivity index (χ4n) is 2.21. The van der Waals surface area contributed by atoms with Crippen LogP contribution in [0.2, 0.25) is 0 Å². The molecule has 116 valence electrons. The summed E-state index contributed by atoms with van der Waals surface area (Å²) in [5.41, 5.74) is 8.80. The number of rotatable bonds is 6. The van der Waals surface area contributed by atoms with Gasteiger partial charge in [0.25, 0.3) is 0 Å². The lowest BCUT2D eigenvalue weighted by atomic mass is 10.0. The van der Waals surface area contributed by atoms with Crippen molar-refractivity contribution in [3.63, 3.8) is 0 Å². The van der Waals surface area contributed by atoms with Gasteiger partial charge in [-0.1, -0.05) is 28.9 Å². The van der Waals surface area contributed by atoms with Crippen LogP contribution in [-0.2, 0) is 11.2 Å². The number of carbonyl (C=O) groups is 1. The van der Waals surface area contributed by atoms with E-state index in [0.717, 1.165) is 16.7 Å². The Balaban J connectivity index is 2.79. The Labute approximate surface area is 126 Å². The van der Waals surface area contributed by atoms with Crippen LogP contribution in [0.1, 0.15) is 37.0 Å². The molecule has 0 spiro atoms. The summed E-state index contributed by atoms with van der Waals surface area (Å²) in [6, 6.07) is 6.21. The topological polar surface area (TPSA) is 78.9 Å². The van der Waals surface area contributed by atoms with Gasteiger partial charge in [-0.3, -0.25) is 4.79 Å². The van der Waals surface area contributed by atoms with E-state index in [1.165, 1.54) is 0 Å². The van der Waals surface area contributed by atoms with Crippen molar-refractivity contribution in [2.24, 2.45) is 10.9 Å². The minimum Gasteiger partial charge on any atom is -0.409 e. The molecule has 0 fully saturated rings. The second-order valence-corrected chi connectivity index (χ2v) is 5.63. The summed E-state index contributed by atoms with van der Waals surface area (Å²) in [6.07, 6.45) is 0.745. The Bertz CT molecular complexity index is 524. The lowest BCUT2D eigenvalue weighted by molar-refractivity contribution is -0.132. The van der Waals surface area contributed by atoms with Gasteiger partial charge in [0.05, 0.1) is 6.42 Å². The van der Waals surface area contributed by atoms with Crippen LogP contribution in [0.4, 0.5) is 0 Å². The van der Waals surface area contributed by atoms with Crippen molar-refractivity contribution in [3.8, 4) is 0 Å². The van der Waals surface area contributed by atoms with Crippen molar-refractivity contribution in [1.29, 1.82) is 0 Å². The SMILES string of the molecule is Cc1ccc(C)c(CC(=O)N(CCC(N)=NO)C(C)C)c1. The van der Waals surface area contributed by atoms with Gasteiger partial charge in [-0.15, -0.1) is 0 Å². The number of hydrogen-bond acceptors (Lipinski definition) is 3. The average Bonchev–Trinajstić information content (AvgIpc) is 2.42. The Hall–Kier alpha value is -2.04. The zero-order chi connectivity index (χ0) is 16.0. The van der Waals surface area contributed by atoms with E-state index in [1.54, 1.807) is 4.90 Å². The first-order chi connectivity index (χ1) is 9.85.